The zero-order valence-electron chi connectivity index (χ0n) is 10.6. The van der Waals surface area contributed by atoms with Gasteiger partial charge in [0.05, 0.1) is 0 Å². The number of halogens is 1. The molecule has 0 aliphatic carbocycles. The minimum Gasteiger partial charge on any atom is -0.485 e. The fourth-order valence-corrected chi connectivity index (χ4v) is 2.04. The zero-order chi connectivity index (χ0) is 14.7. The van der Waals surface area contributed by atoms with E-state index in [2.05, 4.69) is 15.2 Å². The van der Waals surface area contributed by atoms with E-state index >= 15 is 0 Å². The molecule has 3 aromatic rings. The highest BCUT2D eigenvalue weighted by Gasteiger charge is 2.09. The van der Waals surface area contributed by atoms with Crippen molar-refractivity contribution < 1.29 is 13.7 Å². The van der Waals surface area contributed by atoms with Gasteiger partial charge in [-0.2, -0.15) is 10.1 Å². The molecular weight excluding hydrogens is 299 g/mol. The largest absolute Gasteiger partial charge is 0.485 e. The molecule has 0 saturated carbocycles. The quantitative estimate of drug-likeness (QED) is 0.709. The van der Waals surface area contributed by atoms with Crippen LogP contribution in [0.2, 0.25) is 0 Å². The van der Waals surface area contributed by atoms with Crippen molar-refractivity contribution in [1.29, 1.82) is 0 Å². The summed E-state index contributed by atoms with van der Waals surface area (Å²) >= 11 is 0.990. The summed E-state index contributed by atoms with van der Waals surface area (Å²) in [6.07, 6.45) is 0. The van der Waals surface area contributed by atoms with Gasteiger partial charge in [-0.3, -0.25) is 4.79 Å². The first-order chi connectivity index (χ1) is 10.2. The van der Waals surface area contributed by atoms with Crippen molar-refractivity contribution in [3.63, 3.8) is 0 Å². The topological polar surface area (TPSA) is 83.0 Å². The molecule has 2 aromatic heterocycles. The maximum absolute atomic E-state index is 12.7. The van der Waals surface area contributed by atoms with E-state index in [4.69, 9.17) is 9.26 Å². The predicted molar refractivity (Wildman–Crippen MR) is 70.5 cm³/mol. The second-order valence-corrected chi connectivity index (χ2v) is 4.80. The standard InChI is InChI=1S/C12H9FN4O3S/c13-8-1-3-9(4-2-8)19-6-10-15-11(20-16-10)5-17-12(18)21-7-14-17/h1-4,7H,5-6H2. The van der Waals surface area contributed by atoms with Gasteiger partial charge in [-0.15, -0.1) is 0 Å². The lowest BCUT2D eigenvalue weighted by atomic mass is 10.3. The van der Waals surface area contributed by atoms with Crippen molar-refractivity contribution in [2.45, 2.75) is 13.2 Å². The van der Waals surface area contributed by atoms with E-state index in [0.29, 0.717) is 11.6 Å². The lowest BCUT2D eigenvalue weighted by molar-refractivity contribution is 0.284. The fourth-order valence-electron chi connectivity index (χ4n) is 1.56. The third kappa shape index (κ3) is 3.31. The molecule has 0 amide bonds. The first-order valence-corrected chi connectivity index (χ1v) is 6.79. The Balaban J connectivity index is 1.61. The predicted octanol–water partition coefficient (Wildman–Crippen LogP) is 1.45. The van der Waals surface area contributed by atoms with Crippen molar-refractivity contribution in [3.8, 4) is 5.75 Å². The van der Waals surface area contributed by atoms with Crippen molar-refractivity contribution in [3.05, 3.63) is 57.0 Å². The normalized spacial score (nSPS) is 10.7. The SMILES string of the molecule is O=c1scnn1Cc1nc(COc2ccc(F)cc2)no1. The van der Waals surface area contributed by atoms with Gasteiger partial charge < -0.3 is 9.26 Å². The summed E-state index contributed by atoms with van der Waals surface area (Å²) in [5.41, 5.74) is 1.44. The molecule has 0 bridgehead atoms. The number of benzene rings is 1. The Kier molecular flexibility index (Phi) is 3.73. The summed E-state index contributed by atoms with van der Waals surface area (Å²) in [6, 6.07) is 5.60. The maximum Gasteiger partial charge on any atom is 0.325 e. The number of aromatic nitrogens is 4. The summed E-state index contributed by atoms with van der Waals surface area (Å²) in [4.78, 5) is 15.2. The average molecular weight is 308 g/mol. The Labute approximate surface area is 121 Å². The molecule has 2 heterocycles. The molecule has 0 atom stereocenters. The van der Waals surface area contributed by atoms with Gasteiger partial charge in [0, 0.05) is 0 Å². The summed E-state index contributed by atoms with van der Waals surface area (Å²) in [6.45, 7) is 0.201. The van der Waals surface area contributed by atoms with Crippen molar-refractivity contribution in [2.75, 3.05) is 0 Å². The minimum absolute atomic E-state index is 0.0844. The minimum atomic E-state index is -0.335. The van der Waals surface area contributed by atoms with Crippen LogP contribution in [0.15, 0.2) is 39.1 Å². The highest BCUT2D eigenvalue weighted by Crippen LogP contribution is 2.12. The van der Waals surface area contributed by atoms with Gasteiger partial charge in [-0.25, -0.2) is 9.07 Å². The van der Waals surface area contributed by atoms with Gasteiger partial charge in [0.1, 0.15) is 23.6 Å². The summed E-state index contributed by atoms with van der Waals surface area (Å²) in [5, 5.41) is 7.58. The number of nitrogens with zero attached hydrogens (tertiary/aromatic N) is 4. The molecule has 0 radical (unpaired) electrons. The van der Waals surface area contributed by atoms with Gasteiger partial charge >= 0.3 is 4.87 Å². The summed E-state index contributed by atoms with van der Waals surface area (Å²) in [5.74, 6) is 0.759. The van der Waals surface area contributed by atoms with Crippen LogP contribution in [-0.2, 0) is 13.2 Å². The van der Waals surface area contributed by atoms with Gasteiger partial charge in [-0.05, 0) is 24.3 Å². The van der Waals surface area contributed by atoms with Gasteiger partial charge in [0.2, 0.25) is 11.7 Å². The monoisotopic (exact) mass is 308 g/mol. The Morgan fingerprint density at radius 1 is 1.33 bits per heavy atom. The van der Waals surface area contributed by atoms with Gasteiger partial charge in [0.25, 0.3) is 0 Å². The lowest BCUT2D eigenvalue weighted by Crippen LogP contribution is -2.15. The highest BCUT2D eigenvalue weighted by molar-refractivity contribution is 7.06. The zero-order valence-corrected chi connectivity index (χ0v) is 11.4. The molecule has 9 heteroatoms. The van der Waals surface area contributed by atoms with Crippen LogP contribution in [0.25, 0.3) is 0 Å². The molecular formula is C12H9FN4O3S. The van der Waals surface area contributed by atoms with E-state index in [1.54, 1.807) is 0 Å². The maximum atomic E-state index is 12.7. The Bertz CT molecular complexity index is 780. The van der Waals surface area contributed by atoms with Crippen LogP contribution in [-0.4, -0.2) is 19.9 Å². The molecule has 3 rings (SSSR count). The molecule has 0 fully saturated rings. The molecule has 1 aromatic carbocycles. The molecule has 108 valence electrons. The van der Waals surface area contributed by atoms with Crippen LogP contribution < -0.4 is 9.61 Å². The van der Waals surface area contributed by atoms with Crippen molar-refractivity contribution in [1.82, 2.24) is 19.9 Å². The second kappa shape index (κ2) is 5.83. The molecule has 0 aliphatic rings. The second-order valence-electron chi connectivity index (χ2n) is 4.01. The van der Waals surface area contributed by atoms with Crippen LogP contribution in [0, 0.1) is 5.82 Å². The highest BCUT2D eigenvalue weighted by atomic mass is 32.1. The number of hydrogen-bond acceptors (Lipinski definition) is 7. The third-order valence-electron chi connectivity index (χ3n) is 2.53. The fraction of sp³-hybridized carbons (Fsp3) is 0.167. The lowest BCUT2D eigenvalue weighted by Gasteiger charge is -2.01. The molecule has 0 spiro atoms. The van der Waals surface area contributed by atoms with E-state index in [-0.39, 0.29) is 29.7 Å². The molecule has 0 N–H and O–H groups in total. The third-order valence-corrected chi connectivity index (χ3v) is 3.14. The Hall–Kier alpha value is -2.55. The van der Waals surface area contributed by atoms with Crippen molar-refractivity contribution >= 4 is 11.3 Å². The van der Waals surface area contributed by atoms with Crippen LogP contribution in [0.5, 0.6) is 5.75 Å². The molecule has 7 nitrogen and oxygen atoms in total. The smallest absolute Gasteiger partial charge is 0.325 e. The van der Waals surface area contributed by atoms with E-state index in [9.17, 15) is 9.18 Å². The van der Waals surface area contributed by atoms with Gasteiger partial charge in [0.15, 0.2) is 6.61 Å². The average Bonchev–Trinajstić information content (AvgIpc) is 3.09. The molecule has 0 aliphatic heterocycles. The first kappa shape index (κ1) is 13.4. The summed E-state index contributed by atoms with van der Waals surface area (Å²) < 4.78 is 24.4. The number of ether oxygens (including phenoxy) is 1. The van der Waals surface area contributed by atoms with Gasteiger partial charge in [-0.1, -0.05) is 16.5 Å². The van der Waals surface area contributed by atoms with Crippen molar-refractivity contribution in [2.24, 2.45) is 0 Å². The Morgan fingerprint density at radius 3 is 2.86 bits per heavy atom. The van der Waals surface area contributed by atoms with Crippen LogP contribution in [0.3, 0.4) is 0 Å². The van der Waals surface area contributed by atoms with E-state index in [0.717, 1.165) is 11.3 Å². The summed E-state index contributed by atoms with van der Waals surface area (Å²) in [7, 11) is 0. The molecule has 0 saturated heterocycles. The number of rotatable bonds is 5. The Morgan fingerprint density at radius 2 is 2.14 bits per heavy atom. The molecule has 0 unspecified atom stereocenters. The van der Waals surface area contributed by atoms with E-state index < -0.39 is 0 Å². The number of hydrogen-bond donors (Lipinski definition) is 0. The first-order valence-electron chi connectivity index (χ1n) is 5.91. The van der Waals surface area contributed by atoms with Crippen LogP contribution >= 0.6 is 11.3 Å². The molecule has 21 heavy (non-hydrogen) atoms. The van der Waals surface area contributed by atoms with E-state index in [1.807, 2.05) is 0 Å². The van der Waals surface area contributed by atoms with Crippen LogP contribution in [0.4, 0.5) is 4.39 Å². The van der Waals surface area contributed by atoms with E-state index in [1.165, 1.54) is 34.5 Å². The van der Waals surface area contributed by atoms with Crippen LogP contribution in [0.1, 0.15) is 11.7 Å².